The Hall–Kier alpha value is -2.05. The van der Waals surface area contributed by atoms with Crippen molar-refractivity contribution < 1.29 is 4.79 Å². The molecular weight excluding hydrogens is 684 g/mol. The number of Topliss-reactive ketones (excluding diaryl/α,β-unsaturated/α-hetero) is 1. The molecular formula is C29H16Br4O. The molecule has 0 spiro atoms. The molecule has 1 nitrogen and oxygen atoms in total. The Bertz CT molecular complexity index is 1330. The van der Waals surface area contributed by atoms with Gasteiger partial charge in [-0.05, 0) is 70.8 Å². The Balaban J connectivity index is 1.86. The first-order valence-corrected chi connectivity index (χ1v) is 13.7. The highest BCUT2D eigenvalue weighted by Gasteiger charge is 2.35. The zero-order chi connectivity index (χ0) is 23.8. The summed E-state index contributed by atoms with van der Waals surface area (Å²) in [7, 11) is 0. The van der Waals surface area contributed by atoms with E-state index in [1.54, 1.807) is 0 Å². The highest BCUT2D eigenvalue weighted by atomic mass is 79.9. The van der Waals surface area contributed by atoms with Gasteiger partial charge in [0, 0.05) is 40.2 Å². The predicted molar refractivity (Wildman–Crippen MR) is 155 cm³/mol. The van der Waals surface area contributed by atoms with Gasteiger partial charge in [0.05, 0.1) is 0 Å². The quantitative estimate of drug-likeness (QED) is 0.207. The van der Waals surface area contributed by atoms with Crippen molar-refractivity contribution in [2.24, 2.45) is 0 Å². The van der Waals surface area contributed by atoms with E-state index >= 15 is 0 Å². The van der Waals surface area contributed by atoms with Gasteiger partial charge in [0.2, 0.25) is 0 Å². The van der Waals surface area contributed by atoms with Gasteiger partial charge in [-0.3, -0.25) is 4.79 Å². The summed E-state index contributed by atoms with van der Waals surface area (Å²) in [6.45, 7) is 0. The summed E-state index contributed by atoms with van der Waals surface area (Å²) >= 11 is 14.1. The van der Waals surface area contributed by atoms with Gasteiger partial charge >= 0.3 is 0 Å². The third kappa shape index (κ3) is 4.59. The first-order chi connectivity index (χ1) is 16.4. The average molecular weight is 700 g/mol. The molecule has 0 saturated carbocycles. The number of ketones is 1. The molecule has 0 fully saturated rings. The molecule has 0 N–H and O–H groups in total. The lowest BCUT2D eigenvalue weighted by Gasteiger charge is -2.14. The Morgan fingerprint density at radius 3 is 0.765 bits per heavy atom. The van der Waals surface area contributed by atoms with E-state index in [2.05, 4.69) is 88.0 Å². The predicted octanol–water partition coefficient (Wildman–Crippen LogP) is 9.84. The zero-order valence-electron chi connectivity index (χ0n) is 17.7. The average Bonchev–Trinajstić information content (AvgIpc) is 3.14. The minimum absolute atomic E-state index is 0.0282. The van der Waals surface area contributed by atoms with E-state index in [0.717, 1.165) is 51.3 Å². The van der Waals surface area contributed by atoms with E-state index < -0.39 is 0 Å². The van der Waals surface area contributed by atoms with Crippen LogP contribution in [0.2, 0.25) is 0 Å². The van der Waals surface area contributed by atoms with Crippen LogP contribution < -0.4 is 0 Å². The van der Waals surface area contributed by atoms with Crippen LogP contribution in [0, 0.1) is 0 Å². The van der Waals surface area contributed by atoms with Crippen molar-refractivity contribution in [2.45, 2.75) is 0 Å². The Labute approximate surface area is 232 Å². The summed E-state index contributed by atoms with van der Waals surface area (Å²) in [6, 6.07) is 32.2. The fourth-order valence-corrected chi connectivity index (χ4v) is 5.25. The van der Waals surface area contributed by atoms with Gasteiger partial charge in [0.15, 0.2) is 5.78 Å². The lowest BCUT2D eigenvalue weighted by Crippen LogP contribution is -2.02. The minimum atomic E-state index is 0.0282. The molecule has 0 bridgehead atoms. The summed E-state index contributed by atoms with van der Waals surface area (Å²) in [5.74, 6) is 0.0282. The molecule has 4 aromatic rings. The lowest BCUT2D eigenvalue weighted by molar-refractivity contribution is -0.108. The second kappa shape index (κ2) is 9.90. The molecule has 5 heteroatoms. The summed E-state index contributed by atoms with van der Waals surface area (Å²) in [5, 5.41) is 0. The van der Waals surface area contributed by atoms with Crippen molar-refractivity contribution >= 4 is 91.8 Å². The van der Waals surface area contributed by atoms with E-state index in [9.17, 15) is 4.79 Å². The smallest absolute Gasteiger partial charge is 0.195 e. The molecule has 0 atom stereocenters. The Morgan fingerprint density at radius 1 is 0.324 bits per heavy atom. The maximum atomic E-state index is 14.2. The standard InChI is InChI=1S/C29H16Br4O/c30-21-9-1-17(2-10-21)25-26(18-3-11-22(31)12-4-18)28(20-7-15-24(33)16-8-20)29(34)27(25)19-5-13-23(32)14-6-19/h1-16H. The monoisotopic (exact) mass is 696 g/mol. The minimum Gasteiger partial charge on any atom is -0.289 e. The van der Waals surface area contributed by atoms with Crippen LogP contribution in [0.4, 0.5) is 0 Å². The van der Waals surface area contributed by atoms with Crippen molar-refractivity contribution in [3.05, 3.63) is 137 Å². The van der Waals surface area contributed by atoms with Gasteiger partial charge in [0.25, 0.3) is 0 Å². The normalized spacial score (nSPS) is 13.7. The fraction of sp³-hybridized carbons (Fsp3) is 0. The number of carbonyl (C=O) groups excluding carboxylic acids is 1. The maximum Gasteiger partial charge on any atom is 0.195 e. The Kier molecular flexibility index (Phi) is 6.90. The molecule has 166 valence electrons. The largest absolute Gasteiger partial charge is 0.289 e. The molecule has 5 rings (SSSR count). The van der Waals surface area contributed by atoms with Gasteiger partial charge in [0.1, 0.15) is 0 Å². The topological polar surface area (TPSA) is 17.1 Å². The van der Waals surface area contributed by atoms with Gasteiger partial charge in [-0.1, -0.05) is 112 Å². The molecule has 0 aliphatic heterocycles. The first-order valence-electron chi connectivity index (χ1n) is 10.5. The van der Waals surface area contributed by atoms with E-state index in [1.165, 1.54) is 0 Å². The van der Waals surface area contributed by atoms with Crippen molar-refractivity contribution in [1.29, 1.82) is 0 Å². The molecule has 1 aliphatic rings. The van der Waals surface area contributed by atoms with Crippen molar-refractivity contribution in [2.75, 3.05) is 0 Å². The molecule has 34 heavy (non-hydrogen) atoms. The SMILES string of the molecule is O=C1C(c2ccc(Br)cc2)=C(c2ccc(Br)cc2)C(c2ccc(Br)cc2)=C1c1ccc(Br)cc1. The van der Waals surface area contributed by atoms with Crippen LogP contribution in [0.1, 0.15) is 22.3 Å². The van der Waals surface area contributed by atoms with E-state index in [1.807, 2.05) is 72.8 Å². The van der Waals surface area contributed by atoms with Crippen molar-refractivity contribution in [3.8, 4) is 0 Å². The molecule has 0 unspecified atom stereocenters. The van der Waals surface area contributed by atoms with E-state index in [0.29, 0.717) is 11.1 Å². The van der Waals surface area contributed by atoms with Crippen LogP contribution in [-0.2, 0) is 4.79 Å². The van der Waals surface area contributed by atoms with Crippen LogP contribution >= 0.6 is 63.7 Å². The molecule has 0 heterocycles. The number of rotatable bonds is 4. The second-order valence-electron chi connectivity index (χ2n) is 7.86. The van der Waals surface area contributed by atoms with Crippen molar-refractivity contribution in [1.82, 2.24) is 0 Å². The maximum absolute atomic E-state index is 14.2. The van der Waals surface area contributed by atoms with Crippen LogP contribution in [-0.4, -0.2) is 5.78 Å². The van der Waals surface area contributed by atoms with Crippen LogP contribution in [0.15, 0.2) is 115 Å². The van der Waals surface area contributed by atoms with Gasteiger partial charge in [-0.15, -0.1) is 0 Å². The highest BCUT2D eigenvalue weighted by Crippen LogP contribution is 2.50. The molecule has 0 amide bonds. The highest BCUT2D eigenvalue weighted by molar-refractivity contribution is 9.11. The number of hydrogen-bond donors (Lipinski definition) is 0. The first kappa shape index (κ1) is 23.7. The van der Waals surface area contributed by atoms with Gasteiger partial charge in [-0.2, -0.15) is 0 Å². The summed E-state index contributed by atoms with van der Waals surface area (Å²) in [5.41, 5.74) is 7.11. The number of halogens is 4. The van der Waals surface area contributed by atoms with Crippen molar-refractivity contribution in [3.63, 3.8) is 0 Å². The fourth-order valence-electron chi connectivity index (χ4n) is 4.20. The second-order valence-corrected chi connectivity index (χ2v) is 11.5. The van der Waals surface area contributed by atoms with Crippen LogP contribution in [0.5, 0.6) is 0 Å². The number of hydrogen-bond acceptors (Lipinski definition) is 1. The molecule has 0 aromatic heterocycles. The zero-order valence-corrected chi connectivity index (χ0v) is 24.0. The lowest BCUT2D eigenvalue weighted by atomic mass is 9.89. The molecule has 1 aliphatic carbocycles. The van der Waals surface area contributed by atoms with Gasteiger partial charge in [-0.25, -0.2) is 0 Å². The van der Waals surface area contributed by atoms with Crippen LogP contribution in [0.3, 0.4) is 0 Å². The molecule has 0 saturated heterocycles. The number of benzene rings is 4. The summed E-state index contributed by atoms with van der Waals surface area (Å²) in [6.07, 6.45) is 0. The molecule has 4 aromatic carbocycles. The number of allylic oxidation sites excluding steroid dienone is 4. The third-order valence-corrected chi connectivity index (χ3v) is 7.85. The molecule has 0 radical (unpaired) electrons. The third-order valence-electron chi connectivity index (χ3n) is 5.74. The summed E-state index contributed by atoms with van der Waals surface area (Å²) < 4.78 is 3.94. The van der Waals surface area contributed by atoms with E-state index in [-0.39, 0.29) is 5.78 Å². The summed E-state index contributed by atoms with van der Waals surface area (Å²) in [4.78, 5) is 14.2. The van der Waals surface area contributed by atoms with Gasteiger partial charge < -0.3 is 0 Å². The van der Waals surface area contributed by atoms with Crippen LogP contribution in [0.25, 0.3) is 22.3 Å². The Morgan fingerprint density at radius 2 is 0.529 bits per heavy atom. The van der Waals surface area contributed by atoms with E-state index in [4.69, 9.17) is 0 Å². The number of carbonyl (C=O) groups is 1.